The third kappa shape index (κ3) is 13.7. The van der Waals surface area contributed by atoms with Gasteiger partial charge < -0.3 is 0 Å². The zero-order chi connectivity index (χ0) is 19.1. The van der Waals surface area contributed by atoms with Crippen molar-refractivity contribution in [3.8, 4) is 0 Å². The van der Waals surface area contributed by atoms with Crippen LogP contribution in [0.25, 0.3) is 0 Å². The van der Waals surface area contributed by atoms with Gasteiger partial charge in [0.05, 0.1) is 17.6 Å². The van der Waals surface area contributed by atoms with Crippen LogP contribution >= 0.6 is 0 Å². The van der Waals surface area contributed by atoms with Gasteiger partial charge in [0.25, 0.3) is 0 Å². The van der Waals surface area contributed by atoms with E-state index in [1.807, 2.05) is 60.6 Å². The number of rotatable bonds is 1. The van der Waals surface area contributed by atoms with Crippen molar-refractivity contribution >= 4 is 11.9 Å². The molecule has 2 aromatic rings. The molecule has 4 nitrogen and oxygen atoms in total. The first-order chi connectivity index (χ1) is 11.3. The number of aryl methyl sites for hydroxylation is 4. The SMILES string of the molecule is CC.CC(C)C.CC=Nc1cnc(C)cc1C.Cc1cc(C)[nH]n1. The van der Waals surface area contributed by atoms with Gasteiger partial charge in [0, 0.05) is 17.6 Å². The fraction of sp³-hybridized carbons (Fsp3) is 0.550. The maximum atomic E-state index is 4.16. The highest BCUT2D eigenvalue weighted by Crippen LogP contribution is 2.16. The second-order valence-corrected chi connectivity index (χ2v) is 5.92. The van der Waals surface area contributed by atoms with Gasteiger partial charge in [-0.25, -0.2) is 0 Å². The van der Waals surface area contributed by atoms with Crippen LogP contribution < -0.4 is 0 Å². The van der Waals surface area contributed by atoms with E-state index < -0.39 is 0 Å². The summed E-state index contributed by atoms with van der Waals surface area (Å²) < 4.78 is 0. The topological polar surface area (TPSA) is 53.9 Å². The van der Waals surface area contributed by atoms with E-state index in [2.05, 4.69) is 40.9 Å². The van der Waals surface area contributed by atoms with Crippen molar-refractivity contribution in [2.45, 2.75) is 69.2 Å². The Morgan fingerprint density at radius 1 is 1.00 bits per heavy atom. The molecule has 0 bridgehead atoms. The van der Waals surface area contributed by atoms with Crippen molar-refractivity contribution in [2.75, 3.05) is 0 Å². The van der Waals surface area contributed by atoms with Gasteiger partial charge in [0.15, 0.2) is 0 Å². The van der Waals surface area contributed by atoms with Gasteiger partial charge in [-0.1, -0.05) is 34.6 Å². The summed E-state index contributed by atoms with van der Waals surface area (Å²) in [5.74, 6) is 0.833. The number of H-pyrrole nitrogens is 1. The van der Waals surface area contributed by atoms with Gasteiger partial charge in [-0.2, -0.15) is 5.10 Å². The first kappa shape index (κ1) is 24.3. The summed E-state index contributed by atoms with van der Waals surface area (Å²) in [4.78, 5) is 8.30. The smallest absolute Gasteiger partial charge is 0.0838 e. The summed E-state index contributed by atoms with van der Waals surface area (Å²) in [6.07, 6.45) is 3.57. The van der Waals surface area contributed by atoms with Gasteiger partial charge in [0.2, 0.25) is 0 Å². The van der Waals surface area contributed by atoms with Crippen molar-refractivity contribution in [1.29, 1.82) is 0 Å². The predicted molar refractivity (Wildman–Crippen MR) is 107 cm³/mol. The molecule has 2 heterocycles. The Morgan fingerprint density at radius 3 is 1.83 bits per heavy atom. The highest BCUT2D eigenvalue weighted by molar-refractivity contribution is 5.61. The molecule has 0 aliphatic heterocycles. The normalized spacial score (nSPS) is 9.46. The summed E-state index contributed by atoms with van der Waals surface area (Å²) in [5.41, 5.74) is 5.35. The van der Waals surface area contributed by atoms with E-state index >= 15 is 0 Å². The number of nitrogens with zero attached hydrogens (tertiary/aromatic N) is 3. The molecule has 136 valence electrons. The Labute approximate surface area is 148 Å². The number of pyridine rings is 1. The molecular formula is C20H36N4. The summed E-state index contributed by atoms with van der Waals surface area (Å²) in [6, 6.07) is 4.03. The van der Waals surface area contributed by atoms with Crippen molar-refractivity contribution < 1.29 is 0 Å². The number of aliphatic imine (C=N–C) groups is 1. The molecule has 0 aliphatic rings. The van der Waals surface area contributed by atoms with Crippen LogP contribution in [-0.4, -0.2) is 21.4 Å². The number of aromatic nitrogens is 3. The molecule has 0 saturated carbocycles. The Morgan fingerprint density at radius 2 is 1.54 bits per heavy atom. The first-order valence-corrected chi connectivity index (χ1v) is 8.66. The van der Waals surface area contributed by atoms with Crippen LogP contribution in [0.3, 0.4) is 0 Å². The fourth-order valence-electron chi connectivity index (χ4n) is 1.52. The highest BCUT2D eigenvalue weighted by Gasteiger charge is 1.94. The van der Waals surface area contributed by atoms with Crippen LogP contribution in [-0.2, 0) is 0 Å². The second kappa shape index (κ2) is 14.6. The Hall–Kier alpha value is -1.97. The van der Waals surface area contributed by atoms with Crippen molar-refractivity contribution in [1.82, 2.24) is 15.2 Å². The van der Waals surface area contributed by atoms with Gasteiger partial charge in [-0.15, -0.1) is 0 Å². The molecule has 0 radical (unpaired) electrons. The lowest BCUT2D eigenvalue weighted by Gasteiger charge is -1.98. The molecule has 1 N–H and O–H groups in total. The van der Waals surface area contributed by atoms with Gasteiger partial charge in [0.1, 0.15) is 0 Å². The van der Waals surface area contributed by atoms with Crippen LogP contribution in [0.2, 0.25) is 0 Å². The fourth-order valence-corrected chi connectivity index (χ4v) is 1.52. The Kier molecular flexibility index (Phi) is 14.8. The number of hydrogen-bond donors (Lipinski definition) is 1. The quantitative estimate of drug-likeness (QED) is 0.638. The lowest BCUT2D eigenvalue weighted by Crippen LogP contribution is -1.82. The molecule has 0 spiro atoms. The predicted octanol–water partition coefficient (Wildman–Crippen LogP) is 6.14. The number of hydrogen-bond acceptors (Lipinski definition) is 3. The summed E-state index contributed by atoms with van der Waals surface area (Å²) in [6.45, 7) is 20.4. The van der Waals surface area contributed by atoms with Crippen LogP contribution in [0.5, 0.6) is 0 Å². The van der Waals surface area contributed by atoms with E-state index in [0.717, 1.165) is 28.7 Å². The maximum absolute atomic E-state index is 4.16. The lowest BCUT2D eigenvalue weighted by molar-refractivity contribution is 0.737. The average molecular weight is 333 g/mol. The molecule has 0 aromatic carbocycles. The minimum Gasteiger partial charge on any atom is -0.283 e. The third-order valence-electron chi connectivity index (χ3n) is 2.32. The highest BCUT2D eigenvalue weighted by atomic mass is 15.1. The van der Waals surface area contributed by atoms with Crippen molar-refractivity contribution in [2.24, 2.45) is 10.9 Å². The zero-order valence-corrected chi connectivity index (χ0v) is 17.2. The molecule has 0 fully saturated rings. The van der Waals surface area contributed by atoms with Crippen molar-refractivity contribution in [3.05, 3.63) is 41.0 Å². The standard InChI is InChI=1S/C9H12N2.C5H8N2.C4H10.C2H6/c1-4-10-9-6-11-8(3)5-7(9)2;1-4-3-5(2)7-6-4;1-4(2)3;1-2/h4-6H,1-3H3;3H,1-2H3,(H,6,7);4H,1-3H3;1-2H3. The lowest BCUT2D eigenvalue weighted by atomic mass is 10.2. The molecule has 0 unspecified atom stereocenters. The van der Waals surface area contributed by atoms with Crippen LogP contribution in [0.1, 0.15) is 64.2 Å². The molecule has 0 aliphatic carbocycles. The molecular weight excluding hydrogens is 296 g/mol. The largest absolute Gasteiger partial charge is 0.283 e. The molecule has 2 aromatic heterocycles. The summed E-state index contributed by atoms with van der Waals surface area (Å²) in [7, 11) is 0. The number of nitrogens with one attached hydrogen (secondary N) is 1. The van der Waals surface area contributed by atoms with Gasteiger partial charge >= 0.3 is 0 Å². The zero-order valence-electron chi connectivity index (χ0n) is 17.2. The van der Waals surface area contributed by atoms with Crippen LogP contribution in [0, 0.1) is 33.6 Å². The molecule has 0 amide bonds. The second-order valence-electron chi connectivity index (χ2n) is 5.92. The van der Waals surface area contributed by atoms with E-state index in [1.165, 1.54) is 5.56 Å². The number of aromatic amines is 1. The summed E-state index contributed by atoms with van der Waals surface area (Å²) in [5, 5.41) is 6.71. The monoisotopic (exact) mass is 332 g/mol. The molecule has 24 heavy (non-hydrogen) atoms. The van der Waals surface area contributed by atoms with Crippen molar-refractivity contribution in [3.63, 3.8) is 0 Å². The van der Waals surface area contributed by atoms with Gasteiger partial charge in [-0.05, 0) is 58.2 Å². The van der Waals surface area contributed by atoms with Crippen LogP contribution in [0.4, 0.5) is 5.69 Å². The van der Waals surface area contributed by atoms with Crippen LogP contribution in [0.15, 0.2) is 23.3 Å². The minimum atomic E-state index is 0.833. The Balaban J connectivity index is 0. The minimum absolute atomic E-state index is 0.833. The average Bonchev–Trinajstić information content (AvgIpc) is 2.88. The van der Waals surface area contributed by atoms with E-state index in [0.29, 0.717) is 0 Å². The molecule has 0 atom stereocenters. The maximum Gasteiger partial charge on any atom is 0.0838 e. The van der Waals surface area contributed by atoms with E-state index in [4.69, 9.17) is 0 Å². The Bertz CT molecular complexity index is 550. The summed E-state index contributed by atoms with van der Waals surface area (Å²) >= 11 is 0. The van der Waals surface area contributed by atoms with E-state index in [9.17, 15) is 0 Å². The molecule has 0 saturated heterocycles. The molecule has 4 heteroatoms. The molecule has 2 rings (SSSR count). The van der Waals surface area contributed by atoms with Gasteiger partial charge in [-0.3, -0.25) is 15.1 Å². The third-order valence-corrected chi connectivity index (χ3v) is 2.32. The van der Waals surface area contributed by atoms with E-state index in [1.54, 1.807) is 12.4 Å². The van der Waals surface area contributed by atoms with E-state index in [-0.39, 0.29) is 0 Å². The first-order valence-electron chi connectivity index (χ1n) is 8.66.